The van der Waals surface area contributed by atoms with Crippen molar-refractivity contribution in [2.75, 3.05) is 25.5 Å². The lowest BCUT2D eigenvalue weighted by Gasteiger charge is -2.35. The molecule has 1 aromatic carbocycles. The standard InChI is InChI=1S/C22H28N4O3/c1-15-6-5-11-24-22(15)29-19-9-12-26(13-10-19)16(2)20(27)25-18-8-4-7-17(14-18)21(28)23-3/h4-8,11,14,16,19H,9-10,12-13H2,1-3H3,(H,23,28)(H,25,27). The number of hydrogen-bond acceptors (Lipinski definition) is 5. The summed E-state index contributed by atoms with van der Waals surface area (Å²) in [7, 11) is 1.58. The molecule has 2 heterocycles. The topological polar surface area (TPSA) is 83.6 Å². The number of ether oxygens (including phenoxy) is 1. The zero-order valence-electron chi connectivity index (χ0n) is 17.1. The second-order valence-corrected chi connectivity index (χ2v) is 7.30. The van der Waals surface area contributed by atoms with Gasteiger partial charge in [-0.1, -0.05) is 12.1 Å². The van der Waals surface area contributed by atoms with E-state index in [4.69, 9.17) is 4.74 Å². The number of rotatable bonds is 6. The van der Waals surface area contributed by atoms with Gasteiger partial charge in [-0.3, -0.25) is 14.5 Å². The van der Waals surface area contributed by atoms with Crippen LogP contribution >= 0.6 is 0 Å². The van der Waals surface area contributed by atoms with E-state index in [9.17, 15) is 9.59 Å². The van der Waals surface area contributed by atoms with E-state index in [-0.39, 0.29) is 24.0 Å². The lowest BCUT2D eigenvalue weighted by molar-refractivity contribution is -0.121. The van der Waals surface area contributed by atoms with Crippen LogP contribution in [0.15, 0.2) is 42.6 Å². The molecule has 1 aromatic heterocycles. The van der Waals surface area contributed by atoms with Crippen LogP contribution in [0.2, 0.25) is 0 Å². The fourth-order valence-corrected chi connectivity index (χ4v) is 3.43. The molecule has 2 amide bonds. The minimum Gasteiger partial charge on any atom is -0.474 e. The molecule has 7 heteroatoms. The summed E-state index contributed by atoms with van der Waals surface area (Å²) in [6.45, 7) is 5.46. The third-order valence-electron chi connectivity index (χ3n) is 5.26. The predicted molar refractivity (Wildman–Crippen MR) is 112 cm³/mol. The molecule has 2 aromatic rings. The van der Waals surface area contributed by atoms with Gasteiger partial charge in [-0.05, 0) is 51.0 Å². The average molecular weight is 396 g/mol. The zero-order valence-corrected chi connectivity index (χ0v) is 17.1. The van der Waals surface area contributed by atoms with Crippen LogP contribution in [-0.4, -0.2) is 54.0 Å². The van der Waals surface area contributed by atoms with Gasteiger partial charge < -0.3 is 15.4 Å². The van der Waals surface area contributed by atoms with Crippen molar-refractivity contribution in [2.24, 2.45) is 0 Å². The molecule has 1 unspecified atom stereocenters. The Morgan fingerprint density at radius 3 is 2.66 bits per heavy atom. The van der Waals surface area contributed by atoms with E-state index in [1.54, 1.807) is 37.5 Å². The number of likely N-dealkylation sites (tertiary alicyclic amines) is 1. The van der Waals surface area contributed by atoms with E-state index < -0.39 is 0 Å². The van der Waals surface area contributed by atoms with Crippen molar-refractivity contribution < 1.29 is 14.3 Å². The van der Waals surface area contributed by atoms with Gasteiger partial charge in [-0.25, -0.2) is 4.98 Å². The quantitative estimate of drug-likeness (QED) is 0.784. The Bertz CT molecular complexity index is 863. The average Bonchev–Trinajstić information content (AvgIpc) is 2.75. The summed E-state index contributed by atoms with van der Waals surface area (Å²) in [5.41, 5.74) is 2.16. The van der Waals surface area contributed by atoms with Crippen molar-refractivity contribution in [1.82, 2.24) is 15.2 Å². The first kappa shape index (κ1) is 20.8. The van der Waals surface area contributed by atoms with Gasteiger partial charge in [0.25, 0.3) is 5.91 Å². The Balaban J connectivity index is 1.52. The van der Waals surface area contributed by atoms with E-state index in [1.807, 2.05) is 26.0 Å². The lowest BCUT2D eigenvalue weighted by atomic mass is 10.1. The Kier molecular flexibility index (Phi) is 6.82. The van der Waals surface area contributed by atoms with E-state index in [0.29, 0.717) is 17.1 Å². The van der Waals surface area contributed by atoms with Crippen LogP contribution in [0.25, 0.3) is 0 Å². The van der Waals surface area contributed by atoms with Crippen LogP contribution in [0, 0.1) is 6.92 Å². The van der Waals surface area contributed by atoms with Crippen LogP contribution in [0.4, 0.5) is 5.69 Å². The van der Waals surface area contributed by atoms with Gasteiger partial charge in [0.2, 0.25) is 11.8 Å². The fourth-order valence-electron chi connectivity index (χ4n) is 3.43. The van der Waals surface area contributed by atoms with Crippen molar-refractivity contribution in [2.45, 2.75) is 38.8 Å². The number of aromatic nitrogens is 1. The molecule has 2 N–H and O–H groups in total. The molecule has 3 rings (SSSR count). The third kappa shape index (κ3) is 5.32. The Labute approximate surface area is 171 Å². The summed E-state index contributed by atoms with van der Waals surface area (Å²) in [4.78, 5) is 30.9. The van der Waals surface area contributed by atoms with E-state index >= 15 is 0 Å². The molecule has 1 aliphatic heterocycles. The second kappa shape index (κ2) is 9.52. The predicted octanol–water partition coefficient (Wildman–Crippen LogP) is 2.62. The number of anilines is 1. The number of carbonyl (C=O) groups excluding carboxylic acids is 2. The van der Waals surface area contributed by atoms with E-state index in [2.05, 4.69) is 20.5 Å². The molecule has 29 heavy (non-hydrogen) atoms. The first-order valence-corrected chi connectivity index (χ1v) is 9.93. The molecule has 0 spiro atoms. The van der Waals surface area contributed by atoms with Crippen molar-refractivity contribution in [3.63, 3.8) is 0 Å². The summed E-state index contributed by atoms with van der Waals surface area (Å²) >= 11 is 0. The van der Waals surface area contributed by atoms with Crippen molar-refractivity contribution in [3.05, 3.63) is 53.7 Å². The number of benzene rings is 1. The van der Waals surface area contributed by atoms with Crippen LogP contribution in [-0.2, 0) is 4.79 Å². The molecule has 1 fully saturated rings. The first-order valence-electron chi connectivity index (χ1n) is 9.93. The number of piperidine rings is 1. The zero-order chi connectivity index (χ0) is 20.8. The highest BCUT2D eigenvalue weighted by Gasteiger charge is 2.28. The highest BCUT2D eigenvalue weighted by molar-refractivity contribution is 5.98. The van der Waals surface area contributed by atoms with Gasteiger partial charge in [0.15, 0.2) is 0 Å². The molecule has 0 aliphatic carbocycles. The lowest BCUT2D eigenvalue weighted by Crippen LogP contribution is -2.47. The van der Waals surface area contributed by atoms with Gasteiger partial charge in [-0.2, -0.15) is 0 Å². The number of nitrogens with zero attached hydrogens (tertiary/aromatic N) is 2. The summed E-state index contributed by atoms with van der Waals surface area (Å²) in [6, 6.07) is 10.6. The van der Waals surface area contributed by atoms with Crippen molar-refractivity contribution in [3.8, 4) is 5.88 Å². The Hall–Kier alpha value is -2.93. The summed E-state index contributed by atoms with van der Waals surface area (Å²) in [5.74, 6) is 0.422. The summed E-state index contributed by atoms with van der Waals surface area (Å²) < 4.78 is 6.04. The van der Waals surface area contributed by atoms with Crippen LogP contribution in [0.1, 0.15) is 35.7 Å². The first-order chi connectivity index (χ1) is 14.0. The molecule has 154 valence electrons. The number of aryl methyl sites for hydroxylation is 1. The molecule has 1 atom stereocenters. The van der Waals surface area contributed by atoms with Gasteiger partial charge >= 0.3 is 0 Å². The number of pyridine rings is 1. The molecule has 0 radical (unpaired) electrons. The highest BCUT2D eigenvalue weighted by atomic mass is 16.5. The molecular formula is C22H28N4O3. The van der Waals surface area contributed by atoms with Crippen molar-refractivity contribution in [1.29, 1.82) is 0 Å². The number of hydrogen-bond donors (Lipinski definition) is 2. The van der Waals surface area contributed by atoms with Gasteiger partial charge in [0.05, 0.1) is 6.04 Å². The minimum absolute atomic E-state index is 0.0843. The molecule has 7 nitrogen and oxygen atoms in total. The maximum Gasteiger partial charge on any atom is 0.251 e. The fraction of sp³-hybridized carbons (Fsp3) is 0.409. The van der Waals surface area contributed by atoms with Gasteiger partial charge in [-0.15, -0.1) is 0 Å². The van der Waals surface area contributed by atoms with Gasteiger partial charge in [0, 0.05) is 43.1 Å². The maximum atomic E-state index is 12.7. The second-order valence-electron chi connectivity index (χ2n) is 7.30. The van der Waals surface area contributed by atoms with E-state index in [0.717, 1.165) is 31.5 Å². The maximum absolute atomic E-state index is 12.7. The third-order valence-corrected chi connectivity index (χ3v) is 5.26. The molecule has 1 aliphatic rings. The summed E-state index contributed by atoms with van der Waals surface area (Å²) in [5, 5.41) is 5.50. The molecule has 0 bridgehead atoms. The Morgan fingerprint density at radius 1 is 1.21 bits per heavy atom. The SMILES string of the molecule is CNC(=O)c1cccc(NC(=O)C(C)N2CCC(Oc3ncccc3C)CC2)c1. The molecular weight excluding hydrogens is 368 g/mol. The highest BCUT2D eigenvalue weighted by Crippen LogP contribution is 2.21. The molecule has 1 saturated heterocycles. The minimum atomic E-state index is -0.267. The molecule has 0 saturated carbocycles. The van der Waals surface area contributed by atoms with Crippen LogP contribution < -0.4 is 15.4 Å². The van der Waals surface area contributed by atoms with Crippen molar-refractivity contribution >= 4 is 17.5 Å². The monoisotopic (exact) mass is 396 g/mol. The van der Waals surface area contributed by atoms with Crippen LogP contribution in [0.3, 0.4) is 0 Å². The number of amides is 2. The Morgan fingerprint density at radius 2 is 1.97 bits per heavy atom. The smallest absolute Gasteiger partial charge is 0.251 e. The number of nitrogens with one attached hydrogen (secondary N) is 2. The largest absolute Gasteiger partial charge is 0.474 e. The number of carbonyl (C=O) groups is 2. The summed E-state index contributed by atoms with van der Waals surface area (Å²) in [6.07, 6.45) is 3.54. The van der Waals surface area contributed by atoms with E-state index in [1.165, 1.54) is 0 Å². The normalized spacial score (nSPS) is 16.1. The van der Waals surface area contributed by atoms with Crippen LogP contribution in [0.5, 0.6) is 5.88 Å². The van der Waals surface area contributed by atoms with Gasteiger partial charge in [0.1, 0.15) is 6.10 Å².